The summed E-state index contributed by atoms with van der Waals surface area (Å²) in [5.41, 5.74) is 9.48. The Labute approximate surface area is 151 Å². The molecule has 2 aromatic rings. The Bertz CT molecular complexity index is 643. The van der Waals surface area contributed by atoms with Gasteiger partial charge < -0.3 is 10.6 Å². The molecule has 0 bridgehead atoms. The fraction of sp³-hybridized carbons (Fsp3) is 0.350. The van der Waals surface area contributed by atoms with Gasteiger partial charge in [0.25, 0.3) is 0 Å². The first-order valence-corrected chi connectivity index (χ1v) is 8.13. The van der Waals surface area contributed by atoms with Crippen LogP contribution in [0, 0.1) is 5.92 Å². The van der Waals surface area contributed by atoms with Crippen molar-refractivity contribution >= 4 is 18.3 Å². The van der Waals surface area contributed by atoms with Crippen LogP contribution in [0.25, 0.3) is 11.1 Å². The molecule has 4 heteroatoms. The van der Waals surface area contributed by atoms with E-state index in [0.717, 1.165) is 16.7 Å². The SMILES string of the molecule is CC(C)C[C@H](N)C(=O)N(C)Cc1ccccc1-c1ccccc1.Cl. The van der Waals surface area contributed by atoms with E-state index >= 15 is 0 Å². The molecule has 2 rings (SSSR count). The molecule has 0 aliphatic rings. The van der Waals surface area contributed by atoms with E-state index in [1.54, 1.807) is 4.90 Å². The average Bonchev–Trinajstić information content (AvgIpc) is 2.54. The van der Waals surface area contributed by atoms with Crippen LogP contribution >= 0.6 is 12.4 Å². The zero-order chi connectivity index (χ0) is 16.8. The van der Waals surface area contributed by atoms with Gasteiger partial charge in [-0.1, -0.05) is 68.4 Å². The maximum atomic E-state index is 12.4. The van der Waals surface area contributed by atoms with E-state index in [1.807, 2.05) is 37.4 Å². The van der Waals surface area contributed by atoms with E-state index in [-0.39, 0.29) is 18.3 Å². The van der Waals surface area contributed by atoms with E-state index in [9.17, 15) is 4.79 Å². The molecular formula is C20H27ClN2O. The lowest BCUT2D eigenvalue weighted by Gasteiger charge is -2.23. The van der Waals surface area contributed by atoms with E-state index in [4.69, 9.17) is 5.73 Å². The number of amides is 1. The molecule has 24 heavy (non-hydrogen) atoms. The normalized spacial score (nSPS) is 11.7. The summed E-state index contributed by atoms with van der Waals surface area (Å²) < 4.78 is 0. The molecule has 130 valence electrons. The number of rotatable bonds is 6. The van der Waals surface area contributed by atoms with E-state index in [2.05, 4.69) is 38.1 Å². The maximum Gasteiger partial charge on any atom is 0.239 e. The van der Waals surface area contributed by atoms with E-state index < -0.39 is 6.04 Å². The van der Waals surface area contributed by atoms with Crippen molar-refractivity contribution in [2.75, 3.05) is 7.05 Å². The first-order chi connectivity index (χ1) is 11.0. The van der Waals surface area contributed by atoms with Crippen LogP contribution in [-0.4, -0.2) is 23.9 Å². The Hall–Kier alpha value is -1.84. The second-order valence-electron chi connectivity index (χ2n) is 6.45. The number of likely N-dealkylation sites (N-methyl/N-ethyl adjacent to an activating group) is 1. The molecule has 1 atom stereocenters. The standard InChI is InChI=1S/C20H26N2O.ClH/c1-15(2)13-19(21)20(23)22(3)14-17-11-7-8-12-18(17)16-9-5-4-6-10-16;/h4-12,15,19H,13-14,21H2,1-3H3;1H/t19-;/m0./s1. The van der Waals surface area contributed by atoms with Crippen LogP contribution in [-0.2, 0) is 11.3 Å². The summed E-state index contributed by atoms with van der Waals surface area (Å²) in [6.07, 6.45) is 0.712. The Morgan fingerprint density at radius 3 is 2.25 bits per heavy atom. The van der Waals surface area contributed by atoms with E-state index in [1.165, 1.54) is 0 Å². The zero-order valence-corrected chi connectivity index (χ0v) is 15.4. The molecule has 3 nitrogen and oxygen atoms in total. The highest BCUT2D eigenvalue weighted by molar-refractivity contribution is 5.85. The minimum atomic E-state index is -0.427. The lowest BCUT2D eigenvalue weighted by Crippen LogP contribution is -2.42. The van der Waals surface area contributed by atoms with Gasteiger partial charge in [-0.25, -0.2) is 0 Å². The van der Waals surface area contributed by atoms with Gasteiger partial charge in [0.2, 0.25) is 5.91 Å². The Morgan fingerprint density at radius 1 is 1.04 bits per heavy atom. The second kappa shape index (κ2) is 9.45. The number of carbonyl (C=O) groups is 1. The van der Waals surface area contributed by atoms with Crippen LogP contribution in [0.3, 0.4) is 0 Å². The highest BCUT2D eigenvalue weighted by Gasteiger charge is 2.20. The van der Waals surface area contributed by atoms with Gasteiger partial charge in [-0.15, -0.1) is 12.4 Å². The van der Waals surface area contributed by atoms with Crippen LogP contribution in [0.1, 0.15) is 25.8 Å². The summed E-state index contributed by atoms with van der Waals surface area (Å²) in [5, 5.41) is 0. The Balaban J connectivity index is 0.00000288. The highest BCUT2D eigenvalue weighted by atomic mass is 35.5. The van der Waals surface area contributed by atoms with Crippen LogP contribution in [0.4, 0.5) is 0 Å². The molecule has 0 heterocycles. The first kappa shape index (κ1) is 20.2. The molecule has 2 aromatic carbocycles. The second-order valence-corrected chi connectivity index (χ2v) is 6.45. The molecule has 0 aliphatic heterocycles. The quantitative estimate of drug-likeness (QED) is 0.855. The lowest BCUT2D eigenvalue weighted by atomic mass is 9.99. The van der Waals surface area contributed by atoms with Gasteiger partial charge >= 0.3 is 0 Å². The van der Waals surface area contributed by atoms with Gasteiger partial charge in [0, 0.05) is 13.6 Å². The summed E-state index contributed by atoms with van der Waals surface area (Å²) in [5.74, 6) is 0.417. The molecule has 2 N–H and O–H groups in total. The summed E-state index contributed by atoms with van der Waals surface area (Å²) in [6, 6.07) is 18.0. The summed E-state index contributed by atoms with van der Waals surface area (Å²) >= 11 is 0. The topological polar surface area (TPSA) is 46.3 Å². The minimum Gasteiger partial charge on any atom is -0.340 e. The summed E-state index contributed by atoms with van der Waals surface area (Å²) in [6.45, 7) is 4.73. The first-order valence-electron chi connectivity index (χ1n) is 8.13. The molecule has 0 aromatic heterocycles. The fourth-order valence-corrected chi connectivity index (χ4v) is 2.78. The highest BCUT2D eigenvalue weighted by Crippen LogP contribution is 2.24. The third-order valence-corrected chi connectivity index (χ3v) is 3.93. The van der Waals surface area contributed by atoms with Crippen molar-refractivity contribution in [3.8, 4) is 11.1 Å². The molecule has 0 fully saturated rings. The van der Waals surface area contributed by atoms with Crippen LogP contribution < -0.4 is 5.73 Å². The van der Waals surface area contributed by atoms with Crippen molar-refractivity contribution in [2.45, 2.75) is 32.9 Å². The van der Waals surface area contributed by atoms with Gasteiger partial charge in [-0.3, -0.25) is 4.79 Å². The molecule has 0 saturated carbocycles. The molecular weight excluding hydrogens is 320 g/mol. The third kappa shape index (κ3) is 5.36. The van der Waals surface area contributed by atoms with Gasteiger partial charge in [0.1, 0.15) is 0 Å². The smallest absolute Gasteiger partial charge is 0.239 e. The number of benzene rings is 2. The molecule has 0 aliphatic carbocycles. The average molecular weight is 347 g/mol. The van der Waals surface area contributed by atoms with E-state index in [0.29, 0.717) is 18.9 Å². The monoisotopic (exact) mass is 346 g/mol. The number of halogens is 1. The van der Waals surface area contributed by atoms with Crippen LogP contribution in [0.5, 0.6) is 0 Å². The Morgan fingerprint density at radius 2 is 1.62 bits per heavy atom. The van der Waals surface area contributed by atoms with Crippen molar-refractivity contribution < 1.29 is 4.79 Å². The maximum absolute atomic E-state index is 12.4. The minimum absolute atomic E-state index is 0. The molecule has 1 amide bonds. The molecule has 0 unspecified atom stereocenters. The molecule has 0 radical (unpaired) electrons. The number of hydrogen-bond acceptors (Lipinski definition) is 2. The van der Waals surface area contributed by atoms with Crippen molar-refractivity contribution in [3.63, 3.8) is 0 Å². The molecule has 0 spiro atoms. The van der Waals surface area contributed by atoms with Gasteiger partial charge in [0.05, 0.1) is 6.04 Å². The zero-order valence-electron chi connectivity index (χ0n) is 14.6. The number of carbonyl (C=O) groups excluding carboxylic acids is 1. The van der Waals surface area contributed by atoms with Crippen LogP contribution in [0.15, 0.2) is 54.6 Å². The van der Waals surface area contributed by atoms with Gasteiger partial charge in [0.15, 0.2) is 0 Å². The predicted octanol–water partition coefficient (Wildman–Crippen LogP) is 4.11. The number of hydrogen-bond donors (Lipinski definition) is 1. The Kier molecular flexibility index (Phi) is 7.96. The fourth-order valence-electron chi connectivity index (χ4n) is 2.78. The third-order valence-electron chi connectivity index (χ3n) is 3.93. The van der Waals surface area contributed by atoms with Crippen molar-refractivity contribution in [3.05, 3.63) is 60.2 Å². The largest absolute Gasteiger partial charge is 0.340 e. The van der Waals surface area contributed by atoms with Crippen molar-refractivity contribution in [1.82, 2.24) is 4.90 Å². The molecule has 0 saturated heterocycles. The van der Waals surface area contributed by atoms with Crippen molar-refractivity contribution in [1.29, 1.82) is 0 Å². The lowest BCUT2D eigenvalue weighted by molar-refractivity contribution is -0.132. The summed E-state index contributed by atoms with van der Waals surface area (Å²) in [4.78, 5) is 14.2. The van der Waals surface area contributed by atoms with Gasteiger partial charge in [-0.05, 0) is 29.0 Å². The number of nitrogens with zero attached hydrogens (tertiary/aromatic N) is 1. The number of nitrogens with two attached hydrogens (primary N) is 1. The van der Waals surface area contributed by atoms with Crippen molar-refractivity contribution in [2.24, 2.45) is 11.7 Å². The summed E-state index contributed by atoms with van der Waals surface area (Å²) in [7, 11) is 1.82. The van der Waals surface area contributed by atoms with Crippen LogP contribution in [0.2, 0.25) is 0 Å². The predicted molar refractivity (Wildman–Crippen MR) is 103 cm³/mol. The van der Waals surface area contributed by atoms with Gasteiger partial charge in [-0.2, -0.15) is 0 Å².